The topological polar surface area (TPSA) is 71.1 Å². The summed E-state index contributed by atoms with van der Waals surface area (Å²) in [6, 6.07) is 14.8. The predicted octanol–water partition coefficient (Wildman–Crippen LogP) is 4.97. The molecule has 0 spiro atoms. The lowest BCUT2D eigenvalue weighted by molar-refractivity contribution is 0.0729. The molecule has 32 heavy (non-hydrogen) atoms. The molecule has 0 unspecified atom stereocenters. The van der Waals surface area contributed by atoms with Gasteiger partial charge >= 0.3 is 5.97 Å². The molecule has 3 aromatic rings. The van der Waals surface area contributed by atoms with Crippen LogP contribution in [0.1, 0.15) is 26.3 Å². The van der Waals surface area contributed by atoms with Crippen LogP contribution in [0, 0.1) is 5.82 Å². The van der Waals surface area contributed by atoms with E-state index in [4.69, 9.17) is 18.9 Å². The molecule has 0 aliphatic carbocycles. The Morgan fingerprint density at radius 3 is 2.16 bits per heavy atom. The number of esters is 1. The lowest BCUT2D eigenvalue weighted by atomic mass is 10.1. The number of hydrogen-bond acceptors (Lipinski definition) is 6. The third-order valence-electron chi connectivity index (χ3n) is 4.57. The summed E-state index contributed by atoms with van der Waals surface area (Å²) in [6.07, 6.45) is 3.02. The molecule has 0 saturated carbocycles. The lowest BCUT2D eigenvalue weighted by Gasteiger charge is -2.10. The quantitative estimate of drug-likeness (QED) is 0.215. The first-order valence-electron chi connectivity index (χ1n) is 9.55. The molecule has 0 fully saturated rings. The van der Waals surface area contributed by atoms with Gasteiger partial charge in [0.1, 0.15) is 17.3 Å². The molecule has 0 bridgehead atoms. The summed E-state index contributed by atoms with van der Waals surface area (Å²) < 4.78 is 34.1. The second-order valence-corrected chi connectivity index (χ2v) is 6.57. The monoisotopic (exact) mass is 436 g/mol. The fourth-order valence-corrected chi connectivity index (χ4v) is 2.88. The van der Waals surface area contributed by atoms with E-state index < -0.39 is 11.8 Å². The molecule has 0 aliphatic rings. The third-order valence-corrected chi connectivity index (χ3v) is 4.57. The standard InChI is InChI=1S/C25H21FO6/c1-29-19-10-11-20(23(15-19)30-2)21(27)12-4-16-5-13-22(24(14-16)31-3)32-25(28)17-6-8-18(26)9-7-17/h4-15H,1-3H3. The largest absolute Gasteiger partial charge is 0.497 e. The smallest absolute Gasteiger partial charge is 0.343 e. The fourth-order valence-electron chi connectivity index (χ4n) is 2.88. The van der Waals surface area contributed by atoms with Crippen LogP contribution in [0.25, 0.3) is 6.08 Å². The molecule has 0 aliphatic heterocycles. The summed E-state index contributed by atoms with van der Waals surface area (Å²) in [5.41, 5.74) is 1.25. The van der Waals surface area contributed by atoms with Gasteiger partial charge in [-0.15, -0.1) is 0 Å². The Morgan fingerprint density at radius 2 is 1.50 bits per heavy atom. The Labute approximate surface area is 184 Å². The van der Waals surface area contributed by atoms with Crippen LogP contribution in [0.4, 0.5) is 4.39 Å². The van der Waals surface area contributed by atoms with Crippen molar-refractivity contribution in [2.45, 2.75) is 0 Å². The second-order valence-electron chi connectivity index (χ2n) is 6.57. The highest BCUT2D eigenvalue weighted by Gasteiger charge is 2.14. The molecule has 3 rings (SSSR count). The summed E-state index contributed by atoms with van der Waals surface area (Å²) in [5, 5.41) is 0. The molecule has 7 heteroatoms. The van der Waals surface area contributed by atoms with E-state index in [0.717, 1.165) is 0 Å². The maximum atomic E-state index is 13.0. The van der Waals surface area contributed by atoms with Gasteiger partial charge in [0.2, 0.25) is 0 Å². The average molecular weight is 436 g/mol. The number of allylic oxidation sites excluding steroid dienone is 1. The van der Waals surface area contributed by atoms with E-state index in [1.54, 1.807) is 42.5 Å². The molecular formula is C25H21FO6. The molecular weight excluding hydrogens is 415 g/mol. The number of methoxy groups -OCH3 is 3. The van der Waals surface area contributed by atoms with Gasteiger partial charge in [0.05, 0.1) is 32.5 Å². The minimum Gasteiger partial charge on any atom is -0.497 e. The Hall–Kier alpha value is -4.13. The van der Waals surface area contributed by atoms with Gasteiger partial charge in [-0.3, -0.25) is 4.79 Å². The first-order valence-corrected chi connectivity index (χ1v) is 9.55. The van der Waals surface area contributed by atoms with Crippen molar-refractivity contribution < 1.29 is 32.9 Å². The highest BCUT2D eigenvalue weighted by atomic mass is 19.1. The number of carbonyl (C=O) groups is 2. The molecule has 0 amide bonds. The van der Waals surface area contributed by atoms with Crippen molar-refractivity contribution in [1.29, 1.82) is 0 Å². The van der Waals surface area contributed by atoms with Crippen molar-refractivity contribution in [3.8, 4) is 23.0 Å². The van der Waals surface area contributed by atoms with Crippen molar-refractivity contribution in [2.75, 3.05) is 21.3 Å². The van der Waals surface area contributed by atoms with Gasteiger partial charge < -0.3 is 18.9 Å². The minimum atomic E-state index is -0.645. The van der Waals surface area contributed by atoms with E-state index in [1.807, 2.05) is 0 Å². The molecule has 0 saturated heterocycles. The van der Waals surface area contributed by atoms with Gasteiger partial charge in [0.25, 0.3) is 0 Å². The van der Waals surface area contributed by atoms with Crippen LogP contribution < -0.4 is 18.9 Å². The Balaban J connectivity index is 1.77. The maximum absolute atomic E-state index is 13.0. The van der Waals surface area contributed by atoms with Crippen LogP contribution in [0.5, 0.6) is 23.0 Å². The van der Waals surface area contributed by atoms with E-state index in [9.17, 15) is 14.0 Å². The number of benzene rings is 3. The zero-order chi connectivity index (χ0) is 23.1. The van der Waals surface area contributed by atoms with Crippen molar-refractivity contribution in [3.05, 3.63) is 89.2 Å². The van der Waals surface area contributed by atoms with E-state index in [-0.39, 0.29) is 17.1 Å². The normalized spacial score (nSPS) is 10.6. The molecule has 0 N–H and O–H groups in total. The van der Waals surface area contributed by atoms with Crippen molar-refractivity contribution in [2.24, 2.45) is 0 Å². The minimum absolute atomic E-state index is 0.196. The molecule has 0 atom stereocenters. The van der Waals surface area contributed by atoms with Crippen molar-refractivity contribution >= 4 is 17.8 Å². The highest BCUT2D eigenvalue weighted by Crippen LogP contribution is 2.30. The maximum Gasteiger partial charge on any atom is 0.343 e. The predicted molar refractivity (Wildman–Crippen MR) is 117 cm³/mol. The molecule has 164 valence electrons. The Kier molecular flexibility index (Phi) is 7.23. The molecule has 3 aromatic carbocycles. The van der Waals surface area contributed by atoms with Gasteiger partial charge in [-0.2, -0.15) is 0 Å². The highest BCUT2D eigenvalue weighted by molar-refractivity contribution is 6.08. The average Bonchev–Trinajstić information content (AvgIpc) is 2.82. The first kappa shape index (κ1) is 22.6. The first-order chi connectivity index (χ1) is 15.4. The number of ether oxygens (including phenoxy) is 4. The number of hydrogen-bond donors (Lipinski definition) is 0. The summed E-state index contributed by atoms with van der Waals surface area (Å²) in [4.78, 5) is 24.9. The molecule has 6 nitrogen and oxygen atoms in total. The van der Waals surface area contributed by atoms with Gasteiger partial charge in [0.15, 0.2) is 17.3 Å². The van der Waals surface area contributed by atoms with E-state index in [0.29, 0.717) is 28.4 Å². The summed E-state index contributed by atoms with van der Waals surface area (Å²) in [5.74, 6) is 0.137. The SMILES string of the molecule is COc1ccc(C(=O)C=Cc2ccc(OC(=O)c3ccc(F)cc3)c(OC)c2)c(OC)c1. The molecule has 0 heterocycles. The van der Waals surface area contributed by atoms with Crippen LogP contribution in [0.3, 0.4) is 0 Å². The van der Waals surface area contributed by atoms with Crippen molar-refractivity contribution in [1.82, 2.24) is 0 Å². The molecule has 0 radical (unpaired) electrons. The van der Waals surface area contributed by atoms with Crippen molar-refractivity contribution in [3.63, 3.8) is 0 Å². The zero-order valence-corrected chi connectivity index (χ0v) is 17.8. The van der Waals surface area contributed by atoms with Gasteiger partial charge in [-0.25, -0.2) is 9.18 Å². The van der Waals surface area contributed by atoms with Gasteiger partial charge in [-0.1, -0.05) is 12.1 Å². The summed E-state index contributed by atoms with van der Waals surface area (Å²) in [6.45, 7) is 0. The van der Waals surface area contributed by atoms with Crippen LogP contribution in [-0.4, -0.2) is 33.1 Å². The second kappa shape index (κ2) is 10.3. The van der Waals surface area contributed by atoms with E-state index in [1.165, 1.54) is 51.7 Å². The third kappa shape index (κ3) is 5.31. The van der Waals surface area contributed by atoms with Crippen LogP contribution in [0.2, 0.25) is 0 Å². The summed E-state index contributed by atoms with van der Waals surface area (Å²) >= 11 is 0. The van der Waals surface area contributed by atoms with E-state index >= 15 is 0 Å². The summed E-state index contributed by atoms with van der Waals surface area (Å²) in [7, 11) is 4.45. The number of halogens is 1. The fraction of sp³-hybridized carbons (Fsp3) is 0.120. The van der Waals surface area contributed by atoms with Crippen LogP contribution in [0.15, 0.2) is 66.7 Å². The van der Waals surface area contributed by atoms with Gasteiger partial charge in [-0.05, 0) is 60.2 Å². The number of rotatable bonds is 8. The lowest BCUT2D eigenvalue weighted by Crippen LogP contribution is -2.09. The van der Waals surface area contributed by atoms with Gasteiger partial charge in [0, 0.05) is 6.07 Å². The van der Waals surface area contributed by atoms with E-state index in [2.05, 4.69) is 0 Å². The molecule has 0 aromatic heterocycles. The van der Waals surface area contributed by atoms with Crippen LogP contribution >= 0.6 is 0 Å². The van der Waals surface area contributed by atoms with Crippen LogP contribution in [-0.2, 0) is 0 Å². The Morgan fingerprint density at radius 1 is 0.781 bits per heavy atom. The number of carbonyl (C=O) groups excluding carboxylic acids is 2. The zero-order valence-electron chi connectivity index (χ0n) is 17.8. The number of ketones is 1. The Bertz CT molecular complexity index is 1150.